The minimum atomic E-state index is -0.479. The number of halogens is 1. The van der Waals surface area contributed by atoms with E-state index in [0.717, 1.165) is 5.69 Å². The van der Waals surface area contributed by atoms with E-state index in [4.69, 9.17) is 5.73 Å². The van der Waals surface area contributed by atoms with Gasteiger partial charge < -0.3 is 11.1 Å². The van der Waals surface area contributed by atoms with Crippen molar-refractivity contribution in [1.82, 2.24) is 14.8 Å². The molecule has 0 saturated heterocycles. The van der Waals surface area contributed by atoms with E-state index in [1.807, 2.05) is 30.3 Å². The van der Waals surface area contributed by atoms with Gasteiger partial charge in [-0.25, -0.2) is 4.39 Å². The maximum absolute atomic E-state index is 13.5. The average molecular weight is 343 g/mol. The summed E-state index contributed by atoms with van der Waals surface area (Å²) in [6.07, 6.45) is 0. The molecule has 0 saturated carbocycles. The maximum atomic E-state index is 13.5. The molecule has 1 aromatic heterocycles. The molecule has 0 aliphatic carbocycles. The number of nitrogens with two attached hydrogens (primary N) is 1. The van der Waals surface area contributed by atoms with E-state index in [2.05, 4.69) is 15.5 Å². The summed E-state index contributed by atoms with van der Waals surface area (Å²) in [5.74, 6) is -0.531. The molecule has 0 radical (unpaired) electrons. The maximum Gasteiger partial charge on any atom is 0.234 e. The van der Waals surface area contributed by atoms with Crippen LogP contribution in [0.2, 0.25) is 0 Å². The van der Waals surface area contributed by atoms with E-state index in [1.54, 1.807) is 16.7 Å². The molecule has 6 nitrogen and oxygen atoms in total. The highest BCUT2D eigenvalue weighted by Crippen LogP contribution is 2.23. The topological polar surface area (TPSA) is 85.8 Å². The van der Waals surface area contributed by atoms with Gasteiger partial charge >= 0.3 is 0 Å². The predicted molar refractivity (Wildman–Crippen MR) is 91.5 cm³/mol. The highest BCUT2D eigenvalue weighted by atomic mass is 32.2. The van der Waals surface area contributed by atoms with Crippen LogP contribution in [-0.4, -0.2) is 26.4 Å². The third kappa shape index (κ3) is 3.54. The lowest BCUT2D eigenvalue weighted by molar-refractivity contribution is -0.113. The SMILES string of the molecule is Nc1nnc(SCC(=O)Nc2ccccc2F)n1-c1ccccc1. The van der Waals surface area contributed by atoms with Crippen LogP contribution in [0, 0.1) is 5.82 Å². The Labute approximate surface area is 141 Å². The molecule has 0 atom stereocenters. The third-order valence-electron chi connectivity index (χ3n) is 3.15. The van der Waals surface area contributed by atoms with Gasteiger partial charge in [-0.3, -0.25) is 9.36 Å². The van der Waals surface area contributed by atoms with Crippen LogP contribution < -0.4 is 11.1 Å². The number of benzene rings is 2. The van der Waals surface area contributed by atoms with Crippen molar-refractivity contribution in [3.63, 3.8) is 0 Å². The number of nitrogen functional groups attached to an aromatic ring is 1. The normalized spacial score (nSPS) is 10.5. The van der Waals surface area contributed by atoms with Crippen molar-refractivity contribution in [2.75, 3.05) is 16.8 Å². The summed E-state index contributed by atoms with van der Waals surface area (Å²) in [7, 11) is 0. The lowest BCUT2D eigenvalue weighted by Gasteiger charge is -2.08. The van der Waals surface area contributed by atoms with Crippen molar-refractivity contribution in [1.29, 1.82) is 0 Å². The third-order valence-corrected chi connectivity index (χ3v) is 4.08. The molecule has 0 fully saturated rings. The summed E-state index contributed by atoms with van der Waals surface area (Å²) >= 11 is 1.17. The van der Waals surface area contributed by atoms with Gasteiger partial charge in [0.05, 0.1) is 17.1 Å². The number of nitrogens with one attached hydrogen (secondary N) is 1. The van der Waals surface area contributed by atoms with E-state index >= 15 is 0 Å². The predicted octanol–water partition coefficient (Wildman–Crippen LogP) is 2.72. The van der Waals surface area contributed by atoms with Crippen molar-refractivity contribution in [2.45, 2.75) is 5.16 Å². The Bertz CT molecular complexity index is 853. The number of carbonyl (C=O) groups is 1. The van der Waals surface area contributed by atoms with Gasteiger partial charge in [-0.1, -0.05) is 42.1 Å². The number of thioether (sulfide) groups is 1. The van der Waals surface area contributed by atoms with Gasteiger partial charge in [0.2, 0.25) is 11.9 Å². The van der Waals surface area contributed by atoms with E-state index < -0.39 is 5.82 Å². The molecule has 122 valence electrons. The highest BCUT2D eigenvalue weighted by molar-refractivity contribution is 7.99. The first-order valence-electron chi connectivity index (χ1n) is 7.08. The van der Waals surface area contributed by atoms with Gasteiger partial charge in [0.15, 0.2) is 5.16 Å². The average Bonchev–Trinajstić information content (AvgIpc) is 2.96. The molecule has 3 N–H and O–H groups in total. The van der Waals surface area contributed by atoms with Crippen LogP contribution in [0.3, 0.4) is 0 Å². The molecular formula is C16H14FN5OS. The molecule has 24 heavy (non-hydrogen) atoms. The fraction of sp³-hybridized carbons (Fsp3) is 0.0625. The zero-order valence-corrected chi connectivity index (χ0v) is 13.3. The van der Waals surface area contributed by atoms with Crippen molar-refractivity contribution in [3.8, 4) is 5.69 Å². The Morgan fingerprint density at radius 1 is 1.12 bits per heavy atom. The van der Waals surface area contributed by atoms with Crippen LogP contribution in [0.5, 0.6) is 0 Å². The lowest BCUT2D eigenvalue weighted by atomic mass is 10.3. The van der Waals surface area contributed by atoms with Gasteiger partial charge in [0, 0.05) is 0 Å². The molecule has 3 aromatic rings. The zero-order valence-electron chi connectivity index (χ0n) is 12.5. The first kappa shape index (κ1) is 16.0. The Balaban J connectivity index is 1.70. The number of nitrogens with zero attached hydrogens (tertiary/aromatic N) is 3. The van der Waals surface area contributed by atoms with Crippen LogP contribution in [-0.2, 0) is 4.79 Å². The Hall–Kier alpha value is -2.87. The molecule has 1 amide bonds. The quantitative estimate of drug-likeness (QED) is 0.696. The molecule has 8 heteroatoms. The molecule has 2 aromatic carbocycles. The molecule has 0 aliphatic rings. The Morgan fingerprint density at radius 3 is 2.58 bits per heavy atom. The number of hydrogen-bond donors (Lipinski definition) is 2. The minimum Gasteiger partial charge on any atom is -0.368 e. The summed E-state index contributed by atoms with van der Waals surface area (Å²) in [5.41, 5.74) is 6.80. The standard InChI is InChI=1S/C16H14FN5OS/c17-12-8-4-5-9-13(12)19-14(23)10-24-16-21-20-15(18)22(16)11-6-2-1-3-7-11/h1-9H,10H2,(H2,18,20)(H,19,23). The number of para-hydroxylation sites is 2. The van der Waals surface area contributed by atoms with E-state index in [0.29, 0.717) is 5.16 Å². The van der Waals surface area contributed by atoms with Crippen LogP contribution in [0.25, 0.3) is 5.69 Å². The molecule has 3 rings (SSSR count). The van der Waals surface area contributed by atoms with E-state index in [1.165, 1.54) is 23.9 Å². The second-order valence-corrected chi connectivity index (χ2v) is 5.77. The first-order valence-corrected chi connectivity index (χ1v) is 8.07. The van der Waals surface area contributed by atoms with Crippen molar-refractivity contribution in [2.24, 2.45) is 0 Å². The Morgan fingerprint density at radius 2 is 1.83 bits per heavy atom. The van der Waals surface area contributed by atoms with E-state index in [9.17, 15) is 9.18 Å². The number of rotatable bonds is 5. The van der Waals surface area contributed by atoms with Crippen molar-refractivity contribution >= 4 is 29.3 Å². The van der Waals surface area contributed by atoms with Gasteiger partial charge in [-0.2, -0.15) is 0 Å². The van der Waals surface area contributed by atoms with E-state index in [-0.39, 0.29) is 23.3 Å². The van der Waals surface area contributed by atoms with Crippen LogP contribution >= 0.6 is 11.8 Å². The smallest absolute Gasteiger partial charge is 0.234 e. The number of aromatic nitrogens is 3. The van der Waals surface area contributed by atoms with Gasteiger partial charge in [-0.15, -0.1) is 10.2 Å². The largest absolute Gasteiger partial charge is 0.368 e. The molecule has 0 bridgehead atoms. The molecule has 0 spiro atoms. The summed E-state index contributed by atoms with van der Waals surface area (Å²) < 4.78 is 15.2. The summed E-state index contributed by atoms with van der Waals surface area (Å²) in [6.45, 7) is 0. The number of carbonyl (C=O) groups excluding carboxylic acids is 1. The summed E-state index contributed by atoms with van der Waals surface area (Å²) in [4.78, 5) is 12.0. The van der Waals surface area contributed by atoms with Crippen LogP contribution in [0.15, 0.2) is 59.8 Å². The molecular weight excluding hydrogens is 329 g/mol. The first-order chi connectivity index (χ1) is 11.6. The molecule has 1 heterocycles. The fourth-order valence-electron chi connectivity index (χ4n) is 2.07. The van der Waals surface area contributed by atoms with Crippen LogP contribution in [0.1, 0.15) is 0 Å². The number of amides is 1. The molecule has 0 aliphatic heterocycles. The van der Waals surface area contributed by atoms with Gasteiger partial charge in [0.1, 0.15) is 5.82 Å². The van der Waals surface area contributed by atoms with Crippen molar-refractivity contribution in [3.05, 3.63) is 60.4 Å². The zero-order chi connectivity index (χ0) is 16.9. The number of anilines is 2. The lowest BCUT2D eigenvalue weighted by Crippen LogP contribution is -2.15. The second-order valence-electron chi connectivity index (χ2n) is 4.83. The van der Waals surface area contributed by atoms with Crippen molar-refractivity contribution < 1.29 is 9.18 Å². The molecule has 0 unspecified atom stereocenters. The van der Waals surface area contributed by atoms with Gasteiger partial charge in [0.25, 0.3) is 0 Å². The highest BCUT2D eigenvalue weighted by Gasteiger charge is 2.14. The van der Waals surface area contributed by atoms with Crippen LogP contribution in [0.4, 0.5) is 16.0 Å². The summed E-state index contributed by atoms with van der Waals surface area (Å²) in [5, 5.41) is 10.8. The second kappa shape index (κ2) is 7.14. The Kier molecular flexibility index (Phi) is 4.76. The monoisotopic (exact) mass is 343 g/mol. The summed E-state index contributed by atoms with van der Waals surface area (Å²) in [6, 6.07) is 15.4. The minimum absolute atomic E-state index is 0.0549. The van der Waals surface area contributed by atoms with Gasteiger partial charge in [-0.05, 0) is 24.3 Å². The fourth-order valence-corrected chi connectivity index (χ4v) is 2.83. The number of hydrogen-bond acceptors (Lipinski definition) is 5.